The Hall–Kier alpha value is -1.51. The smallest absolute Gasteiger partial charge is 0.407 e. The minimum atomic E-state index is -0.441. The molecular weight excluding hydrogens is 226 g/mol. The highest BCUT2D eigenvalue weighted by Crippen LogP contribution is 2.11. The molecule has 0 aliphatic heterocycles. The Bertz CT molecular complexity index is 419. The molecule has 1 rings (SSSR count). The van der Waals surface area contributed by atoms with E-state index in [0.29, 0.717) is 6.54 Å². The van der Waals surface area contributed by atoms with Crippen LogP contribution >= 0.6 is 0 Å². The van der Waals surface area contributed by atoms with Crippen LogP contribution in [-0.2, 0) is 11.2 Å². The standard InChI is InChI=1S/C15H23NO2/c1-11-6-7-13(12(2)10-11)8-9-16-14(17)18-15(3,4)5/h6-7,10H,8-9H2,1-5H3,(H,16,17). The second kappa shape index (κ2) is 5.89. The Balaban J connectivity index is 2.40. The maximum Gasteiger partial charge on any atom is 0.407 e. The molecule has 0 atom stereocenters. The molecule has 0 aliphatic rings. The molecule has 3 nitrogen and oxygen atoms in total. The second-order valence-corrected chi connectivity index (χ2v) is 5.61. The van der Waals surface area contributed by atoms with Crippen molar-refractivity contribution >= 4 is 6.09 Å². The van der Waals surface area contributed by atoms with E-state index in [9.17, 15) is 4.79 Å². The highest BCUT2D eigenvalue weighted by atomic mass is 16.6. The fraction of sp³-hybridized carbons (Fsp3) is 0.533. The first-order valence-electron chi connectivity index (χ1n) is 6.31. The van der Waals surface area contributed by atoms with Crippen LogP contribution < -0.4 is 5.32 Å². The summed E-state index contributed by atoms with van der Waals surface area (Å²) in [6.07, 6.45) is 0.470. The third kappa shape index (κ3) is 5.21. The lowest BCUT2D eigenvalue weighted by atomic mass is 10.0. The normalized spacial score (nSPS) is 11.2. The van der Waals surface area contributed by atoms with Crippen molar-refractivity contribution in [2.24, 2.45) is 0 Å². The first-order chi connectivity index (χ1) is 8.28. The first kappa shape index (κ1) is 14.6. The van der Waals surface area contributed by atoms with Gasteiger partial charge in [0.05, 0.1) is 0 Å². The molecule has 100 valence electrons. The molecule has 0 fully saturated rings. The molecule has 0 saturated heterocycles. The van der Waals surface area contributed by atoms with Gasteiger partial charge in [-0.25, -0.2) is 4.79 Å². The third-order valence-electron chi connectivity index (χ3n) is 2.56. The van der Waals surface area contributed by atoms with Crippen molar-refractivity contribution in [3.8, 4) is 0 Å². The van der Waals surface area contributed by atoms with E-state index in [2.05, 4.69) is 37.4 Å². The molecule has 0 heterocycles. The van der Waals surface area contributed by atoms with E-state index in [1.54, 1.807) is 0 Å². The predicted octanol–water partition coefficient (Wildman–Crippen LogP) is 3.37. The van der Waals surface area contributed by atoms with Crippen molar-refractivity contribution in [1.29, 1.82) is 0 Å². The largest absolute Gasteiger partial charge is 0.444 e. The van der Waals surface area contributed by atoms with Gasteiger partial charge in [0.25, 0.3) is 0 Å². The summed E-state index contributed by atoms with van der Waals surface area (Å²) in [5.41, 5.74) is 3.35. The van der Waals surface area contributed by atoms with Gasteiger partial charge in [0.2, 0.25) is 0 Å². The molecule has 18 heavy (non-hydrogen) atoms. The number of amides is 1. The predicted molar refractivity (Wildman–Crippen MR) is 73.9 cm³/mol. The van der Waals surface area contributed by atoms with E-state index in [-0.39, 0.29) is 6.09 Å². The molecule has 0 bridgehead atoms. The number of hydrogen-bond donors (Lipinski definition) is 1. The summed E-state index contributed by atoms with van der Waals surface area (Å²) in [4.78, 5) is 11.5. The monoisotopic (exact) mass is 249 g/mol. The molecule has 0 saturated carbocycles. The van der Waals surface area contributed by atoms with E-state index in [1.165, 1.54) is 16.7 Å². The highest BCUT2D eigenvalue weighted by molar-refractivity contribution is 5.67. The van der Waals surface area contributed by atoms with Crippen LogP contribution in [0.2, 0.25) is 0 Å². The number of benzene rings is 1. The van der Waals surface area contributed by atoms with Crippen LogP contribution in [0, 0.1) is 13.8 Å². The van der Waals surface area contributed by atoms with Gasteiger partial charge in [-0.2, -0.15) is 0 Å². The van der Waals surface area contributed by atoms with Gasteiger partial charge < -0.3 is 10.1 Å². The van der Waals surface area contributed by atoms with Crippen molar-refractivity contribution in [1.82, 2.24) is 5.32 Å². The fourth-order valence-corrected chi connectivity index (χ4v) is 1.74. The van der Waals surface area contributed by atoms with E-state index >= 15 is 0 Å². The molecule has 1 amide bonds. The number of rotatable bonds is 3. The Morgan fingerprint density at radius 1 is 1.28 bits per heavy atom. The lowest BCUT2D eigenvalue weighted by molar-refractivity contribution is 0.0528. The van der Waals surface area contributed by atoms with Gasteiger partial charge >= 0.3 is 6.09 Å². The Kier molecular flexibility index (Phi) is 4.76. The summed E-state index contributed by atoms with van der Waals surface area (Å²) in [6, 6.07) is 6.36. The third-order valence-corrected chi connectivity index (χ3v) is 2.56. The van der Waals surface area contributed by atoms with Crippen molar-refractivity contribution in [3.05, 3.63) is 34.9 Å². The maximum atomic E-state index is 11.5. The summed E-state index contributed by atoms with van der Waals surface area (Å²) in [5.74, 6) is 0. The average molecular weight is 249 g/mol. The van der Waals surface area contributed by atoms with Gasteiger partial charge in [0.15, 0.2) is 0 Å². The van der Waals surface area contributed by atoms with Crippen molar-refractivity contribution in [3.63, 3.8) is 0 Å². The van der Waals surface area contributed by atoms with Gasteiger partial charge in [-0.15, -0.1) is 0 Å². The first-order valence-corrected chi connectivity index (χ1v) is 6.31. The molecule has 1 aromatic rings. The molecule has 1 N–H and O–H groups in total. The van der Waals surface area contributed by atoms with E-state index < -0.39 is 5.60 Å². The lowest BCUT2D eigenvalue weighted by Gasteiger charge is -2.19. The molecule has 0 aromatic heterocycles. The Morgan fingerprint density at radius 2 is 1.94 bits per heavy atom. The molecule has 3 heteroatoms. The average Bonchev–Trinajstić information content (AvgIpc) is 2.18. The van der Waals surface area contributed by atoms with E-state index in [1.807, 2.05) is 20.8 Å². The molecular formula is C15H23NO2. The Labute approximate surface area is 110 Å². The SMILES string of the molecule is Cc1ccc(CCNC(=O)OC(C)(C)C)c(C)c1. The van der Waals surface area contributed by atoms with Crippen molar-refractivity contribution in [2.75, 3.05) is 6.54 Å². The summed E-state index contributed by atoms with van der Waals surface area (Å²) in [5, 5.41) is 2.77. The van der Waals surface area contributed by atoms with Crippen LogP contribution in [0.3, 0.4) is 0 Å². The van der Waals surface area contributed by atoms with E-state index in [0.717, 1.165) is 6.42 Å². The minimum absolute atomic E-state index is 0.354. The number of aryl methyl sites for hydroxylation is 2. The molecule has 1 aromatic carbocycles. The molecule has 0 radical (unpaired) electrons. The summed E-state index contributed by atoms with van der Waals surface area (Å²) in [6.45, 7) is 10.3. The van der Waals surface area contributed by atoms with Gasteiger partial charge in [-0.1, -0.05) is 23.8 Å². The van der Waals surface area contributed by atoms with Crippen LogP contribution in [0.1, 0.15) is 37.5 Å². The summed E-state index contributed by atoms with van der Waals surface area (Å²) < 4.78 is 5.17. The second-order valence-electron chi connectivity index (χ2n) is 5.61. The number of hydrogen-bond acceptors (Lipinski definition) is 2. The highest BCUT2D eigenvalue weighted by Gasteiger charge is 2.15. The van der Waals surface area contributed by atoms with Crippen LogP contribution in [0.15, 0.2) is 18.2 Å². The molecule has 0 spiro atoms. The summed E-state index contributed by atoms with van der Waals surface area (Å²) >= 11 is 0. The van der Waals surface area contributed by atoms with Gasteiger partial charge in [-0.05, 0) is 52.2 Å². The molecule has 0 unspecified atom stereocenters. The topological polar surface area (TPSA) is 38.3 Å². The quantitative estimate of drug-likeness (QED) is 0.892. The number of ether oxygens (including phenoxy) is 1. The number of carbonyl (C=O) groups excluding carboxylic acids is 1. The van der Waals surface area contributed by atoms with Crippen molar-refractivity contribution in [2.45, 2.75) is 46.6 Å². The number of carbonyl (C=O) groups is 1. The fourth-order valence-electron chi connectivity index (χ4n) is 1.74. The number of nitrogens with one attached hydrogen (secondary N) is 1. The minimum Gasteiger partial charge on any atom is -0.444 e. The van der Waals surface area contributed by atoms with Gasteiger partial charge in [-0.3, -0.25) is 0 Å². The zero-order valence-corrected chi connectivity index (χ0v) is 12.0. The number of alkyl carbamates (subject to hydrolysis) is 1. The Morgan fingerprint density at radius 3 is 2.50 bits per heavy atom. The van der Waals surface area contributed by atoms with Gasteiger partial charge in [0.1, 0.15) is 5.60 Å². The maximum absolute atomic E-state index is 11.5. The summed E-state index contributed by atoms with van der Waals surface area (Å²) in [7, 11) is 0. The van der Waals surface area contributed by atoms with Gasteiger partial charge in [0, 0.05) is 6.54 Å². The molecule has 0 aliphatic carbocycles. The van der Waals surface area contributed by atoms with Crippen molar-refractivity contribution < 1.29 is 9.53 Å². The van der Waals surface area contributed by atoms with Crippen LogP contribution in [-0.4, -0.2) is 18.2 Å². The zero-order chi connectivity index (χ0) is 13.8. The zero-order valence-electron chi connectivity index (χ0n) is 12.0. The van der Waals surface area contributed by atoms with Crippen LogP contribution in [0.5, 0.6) is 0 Å². The van der Waals surface area contributed by atoms with Crippen LogP contribution in [0.4, 0.5) is 4.79 Å². The van der Waals surface area contributed by atoms with E-state index in [4.69, 9.17) is 4.74 Å². The lowest BCUT2D eigenvalue weighted by Crippen LogP contribution is -2.33. The van der Waals surface area contributed by atoms with Crippen LogP contribution in [0.25, 0.3) is 0 Å².